The summed E-state index contributed by atoms with van der Waals surface area (Å²) in [5.74, 6) is 0.0991. The number of halogens is 2. The van der Waals surface area contributed by atoms with Gasteiger partial charge in [0.25, 0.3) is 0 Å². The summed E-state index contributed by atoms with van der Waals surface area (Å²) < 4.78 is 24.5. The maximum Gasteiger partial charge on any atom is 0.302 e. The molecule has 0 bridgehead atoms. The summed E-state index contributed by atoms with van der Waals surface area (Å²) in [5, 5.41) is 0. The topological polar surface area (TPSA) is 35.5 Å². The first-order chi connectivity index (χ1) is 10.0. The van der Waals surface area contributed by atoms with Crippen molar-refractivity contribution in [2.24, 2.45) is 0 Å². The first kappa shape index (κ1) is 15.8. The summed E-state index contributed by atoms with van der Waals surface area (Å²) in [6.07, 6.45) is 0. The van der Waals surface area contributed by atoms with E-state index in [1.54, 1.807) is 12.1 Å². The summed E-state index contributed by atoms with van der Waals surface area (Å²) >= 11 is 2.18. The molecule has 0 unspecified atom stereocenters. The van der Waals surface area contributed by atoms with Crippen molar-refractivity contribution in [2.45, 2.75) is 20.1 Å². The van der Waals surface area contributed by atoms with Crippen molar-refractivity contribution in [3.05, 3.63) is 63.0 Å². The van der Waals surface area contributed by atoms with Gasteiger partial charge in [-0.2, -0.15) is 0 Å². The molecule has 0 aromatic heterocycles. The molecular formula is C16H14FIO3. The van der Waals surface area contributed by atoms with Crippen LogP contribution in [-0.2, 0) is 22.7 Å². The van der Waals surface area contributed by atoms with Crippen molar-refractivity contribution < 1.29 is 18.7 Å². The molecule has 2 rings (SSSR count). The SMILES string of the molecule is CC(=O)OCc1cc(OCc2ccc(F)cc2)ccc1I. The lowest BCUT2D eigenvalue weighted by molar-refractivity contribution is -0.142. The largest absolute Gasteiger partial charge is 0.489 e. The quantitative estimate of drug-likeness (QED) is 0.561. The van der Waals surface area contributed by atoms with Gasteiger partial charge in [0.2, 0.25) is 0 Å². The molecule has 0 aliphatic carbocycles. The zero-order valence-corrected chi connectivity index (χ0v) is 13.6. The van der Waals surface area contributed by atoms with Gasteiger partial charge in [-0.1, -0.05) is 12.1 Å². The molecule has 0 fully saturated rings. The Labute approximate surface area is 136 Å². The molecule has 0 saturated carbocycles. The highest BCUT2D eigenvalue weighted by molar-refractivity contribution is 14.1. The van der Waals surface area contributed by atoms with Gasteiger partial charge in [0.05, 0.1) is 0 Å². The van der Waals surface area contributed by atoms with Crippen LogP contribution >= 0.6 is 22.6 Å². The normalized spacial score (nSPS) is 10.2. The lowest BCUT2D eigenvalue weighted by Gasteiger charge is -2.10. The number of hydrogen-bond acceptors (Lipinski definition) is 3. The molecule has 0 atom stereocenters. The minimum Gasteiger partial charge on any atom is -0.489 e. The summed E-state index contributed by atoms with van der Waals surface area (Å²) in [7, 11) is 0. The third-order valence-corrected chi connectivity index (χ3v) is 3.82. The first-order valence-corrected chi connectivity index (χ1v) is 7.41. The van der Waals surface area contributed by atoms with E-state index in [-0.39, 0.29) is 18.4 Å². The number of carbonyl (C=O) groups excluding carboxylic acids is 1. The van der Waals surface area contributed by atoms with Gasteiger partial charge in [0.1, 0.15) is 24.8 Å². The average molecular weight is 400 g/mol. The van der Waals surface area contributed by atoms with E-state index in [4.69, 9.17) is 9.47 Å². The fourth-order valence-electron chi connectivity index (χ4n) is 1.68. The van der Waals surface area contributed by atoms with E-state index in [1.807, 2.05) is 18.2 Å². The fraction of sp³-hybridized carbons (Fsp3) is 0.188. The number of rotatable bonds is 5. The summed E-state index contributed by atoms with van der Waals surface area (Å²) in [4.78, 5) is 10.9. The number of benzene rings is 2. The van der Waals surface area contributed by atoms with Gasteiger partial charge < -0.3 is 9.47 Å². The predicted octanol–water partition coefficient (Wildman–Crippen LogP) is 4.07. The van der Waals surface area contributed by atoms with Crippen LogP contribution in [0.15, 0.2) is 42.5 Å². The van der Waals surface area contributed by atoms with Crippen molar-refractivity contribution >= 4 is 28.6 Å². The monoisotopic (exact) mass is 400 g/mol. The highest BCUT2D eigenvalue weighted by Gasteiger charge is 2.05. The third-order valence-electron chi connectivity index (χ3n) is 2.77. The standard InChI is InChI=1S/C16H14FIO3/c1-11(19)20-10-13-8-15(6-7-16(13)18)21-9-12-2-4-14(17)5-3-12/h2-8H,9-10H2,1H3. The highest BCUT2D eigenvalue weighted by Crippen LogP contribution is 2.21. The van der Waals surface area contributed by atoms with Crippen LogP contribution in [0, 0.1) is 9.39 Å². The molecule has 0 N–H and O–H groups in total. The van der Waals surface area contributed by atoms with Crippen molar-refractivity contribution in [3.63, 3.8) is 0 Å². The molecule has 0 aliphatic heterocycles. The van der Waals surface area contributed by atoms with E-state index in [0.717, 1.165) is 14.7 Å². The molecule has 0 saturated heterocycles. The Morgan fingerprint density at radius 3 is 2.52 bits per heavy atom. The smallest absolute Gasteiger partial charge is 0.302 e. The molecule has 21 heavy (non-hydrogen) atoms. The van der Waals surface area contributed by atoms with E-state index in [0.29, 0.717) is 12.4 Å². The molecule has 0 spiro atoms. The van der Waals surface area contributed by atoms with Crippen LogP contribution in [0.5, 0.6) is 5.75 Å². The van der Waals surface area contributed by atoms with E-state index in [9.17, 15) is 9.18 Å². The van der Waals surface area contributed by atoms with Crippen LogP contribution in [0.4, 0.5) is 4.39 Å². The number of carbonyl (C=O) groups is 1. The van der Waals surface area contributed by atoms with Crippen molar-refractivity contribution in [1.29, 1.82) is 0 Å². The molecule has 0 aliphatic rings. The van der Waals surface area contributed by atoms with Gasteiger partial charge in [0, 0.05) is 16.1 Å². The summed E-state index contributed by atoms with van der Waals surface area (Å²) in [5.41, 5.74) is 1.78. The van der Waals surface area contributed by atoms with E-state index in [1.165, 1.54) is 19.1 Å². The fourth-order valence-corrected chi connectivity index (χ4v) is 2.17. The summed E-state index contributed by atoms with van der Waals surface area (Å²) in [6, 6.07) is 11.8. The Morgan fingerprint density at radius 1 is 1.14 bits per heavy atom. The van der Waals surface area contributed by atoms with Crippen LogP contribution in [0.3, 0.4) is 0 Å². The molecule has 5 heteroatoms. The molecule has 0 heterocycles. The zero-order valence-electron chi connectivity index (χ0n) is 11.4. The molecule has 0 radical (unpaired) electrons. The predicted molar refractivity (Wildman–Crippen MR) is 85.4 cm³/mol. The Hall–Kier alpha value is -1.63. The molecule has 110 valence electrons. The van der Waals surface area contributed by atoms with E-state index in [2.05, 4.69) is 22.6 Å². The Kier molecular flexibility index (Phi) is 5.55. The van der Waals surface area contributed by atoms with Gasteiger partial charge in [-0.25, -0.2) is 4.39 Å². The van der Waals surface area contributed by atoms with Gasteiger partial charge >= 0.3 is 5.97 Å². The van der Waals surface area contributed by atoms with Crippen LogP contribution in [0.25, 0.3) is 0 Å². The maximum absolute atomic E-state index is 12.8. The van der Waals surface area contributed by atoms with Crippen molar-refractivity contribution in [3.8, 4) is 5.75 Å². The second kappa shape index (κ2) is 7.40. The van der Waals surface area contributed by atoms with Crippen molar-refractivity contribution in [1.82, 2.24) is 0 Å². The van der Waals surface area contributed by atoms with Crippen LogP contribution in [0.2, 0.25) is 0 Å². The maximum atomic E-state index is 12.8. The Morgan fingerprint density at radius 2 is 1.86 bits per heavy atom. The molecular weight excluding hydrogens is 386 g/mol. The van der Waals surface area contributed by atoms with Gasteiger partial charge in [-0.05, 0) is 58.5 Å². The van der Waals surface area contributed by atoms with Gasteiger partial charge in [-0.15, -0.1) is 0 Å². The van der Waals surface area contributed by atoms with Gasteiger partial charge in [-0.3, -0.25) is 4.79 Å². The van der Waals surface area contributed by atoms with Crippen LogP contribution < -0.4 is 4.74 Å². The van der Waals surface area contributed by atoms with Crippen LogP contribution in [-0.4, -0.2) is 5.97 Å². The van der Waals surface area contributed by atoms with E-state index >= 15 is 0 Å². The zero-order chi connectivity index (χ0) is 15.2. The minimum atomic E-state index is -0.316. The number of ether oxygens (including phenoxy) is 2. The number of esters is 1. The highest BCUT2D eigenvalue weighted by atomic mass is 127. The Balaban J connectivity index is 2.01. The lowest BCUT2D eigenvalue weighted by Crippen LogP contribution is -2.02. The molecule has 2 aromatic rings. The minimum absolute atomic E-state index is 0.224. The van der Waals surface area contributed by atoms with Crippen molar-refractivity contribution in [2.75, 3.05) is 0 Å². The first-order valence-electron chi connectivity index (χ1n) is 6.33. The number of hydrogen-bond donors (Lipinski definition) is 0. The summed E-state index contributed by atoms with van der Waals surface area (Å²) in [6.45, 7) is 1.96. The third kappa shape index (κ3) is 5.00. The molecule has 3 nitrogen and oxygen atoms in total. The molecule has 2 aromatic carbocycles. The van der Waals surface area contributed by atoms with Crippen LogP contribution in [0.1, 0.15) is 18.1 Å². The van der Waals surface area contributed by atoms with Gasteiger partial charge in [0.15, 0.2) is 0 Å². The lowest BCUT2D eigenvalue weighted by atomic mass is 10.2. The molecule has 0 amide bonds. The second-order valence-electron chi connectivity index (χ2n) is 4.45. The average Bonchev–Trinajstić information content (AvgIpc) is 2.46. The second-order valence-corrected chi connectivity index (χ2v) is 5.61. The Bertz CT molecular complexity index is 626. The van der Waals surface area contributed by atoms with E-state index < -0.39 is 0 Å².